The van der Waals surface area contributed by atoms with Crippen LogP contribution in [-0.4, -0.2) is 24.4 Å². The van der Waals surface area contributed by atoms with Crippen LogP contribution in [0.1, 0.15) is 5.56 Å². The third-order valence-electron chi connectivity index (χ3n) is 4.33. The van der Waals surface area contributed by atoms with Crippen LogP contribution in [-0.2, 0) is 14.9 Å². The van der Waals surface area contributed by atoms with Crippen LogP contribution in [0.25, 0.3) is 6.08 Å². The van der Waals surface area contributed by atoms with Crippen molar-refractivity contribution in [3.63, 3.8) is 0 Å². The highest BCUT2D eigenvalue weighted by Gasteiger charge is 2.27. The maximum absolute atomic E-state index is 12.6. The first-order valence-electron chi connectivity index (χ1n) is 9.44. The number of para-hydroxylation sites is 2. The Labute approximate surface area is 193 Å². The van der Waals surface area contributed by atoms with Gasteiger partial charge in [0.1, 0.15) is 5.75 Å². The van der Waals surface area contributed by atoms with Gasteiger partial charge in [-0.2, -0.15) is 8.42 Å². The fourth-order valence-electron chi connectivity index (χ4n) is 2.90. The van der Waals surface area contributed by atoms with Crippen LogP contribution in [0.4, 0.5) is 11.4 Å². The minimum atomic E-state index is -4.45. The van der Waals surface area contributed by atoms with Crippen LogP contribution in [0.5, 0.6) is 5.75 Å². The molecule has 1 aliphatic heterocycles. The van der Waals surface area contributed by atoms with Gasteiger partial charge in [0.05, 0.1) is 15.5 Å². The molecule has 9 nitrogen and oxygen atoms in total. The van der Waals surface area contributed by atoms with Crippen LogP contribution in [0.2, 0.25) is 0 Å². The number of amides is 1. The van der Waals surface area contributed by atoms with Gasteiger partial charge in [0.15, 0.2) is 10.1 Å². The van der Waals surface area contributed by atoms with E-state index in [4.69, 9.17) is 4.18 Å². The highest BCUT2D eigenvalue weighted by atomic mass is 32.2. The summed E-state index contributed by atoms with van der Waals surface area (Å²) < 4.78 is 30.4. The molecule has 0 atom stereocenters. The molecule has 3 aromatic rings. The SMILES string of the molecule is O=C1NC(=Nc2ccccc2)S/C1=C\c1cccc(OS(=O)(=O)c2ccccc2[N+](=O)[O-])c1. The normalized spacial score (nSPS) is 16.1. The number of rotatable bonds is 6. The monoisotopic (exact) mass is 481 g/mol. The fraction of sp³-hybridized carbons (Fsp3) is 0. The molecule has 1 heterocycles. The average molecular weight is 482 g/mol. The molecule has 1 saturated heterocycles. The Morgan fingerprint density at radius 2 is 1.73 bits per heavy atom. The summed E-state index contributed by atoms with van der Waals surface area (Å²) in [5.74, 6) is -0.391. The number of nitro groups is 1. The Morgan fingerprint density at radius 1 is 1.00 bits per heavy atom. The number of hydrogen-bond acceptors (Lipinski definition) is 8. The van der Waals surface area contributed by atoms with Crippen molar-refractivity contribution in [1.82, 2.24) is 5.32 Å². The van der Waals surface area contributed by atoms with Gasteiger partial charge in [-0.05, 0) is 53.7 Å². The zero-order valence-electron chi connectivity index (χ0n) is 16.7. The standard InChI is InChI=1S/C22H15N3O6S2/c26-21-19(32-22(24-21)23-16-8-2-1-3-9-16)14-15-7-6-10-17(13-15)31-33(29,30)20-12-5-4-11-18(20)25(27)28/h1-14H,(H,23,24,26)/b19-14-. The molecular formula is C22H15N3O6S2. The predicted molar refractivity (Wildman–Crippen MR) is 125 cm³/mol. The molecule has 1 aliphatic rings. The average Bonchev–Trinajstić information content (AvgIpc) is 3.12. The molecule has 0 saturated carbocycles. The number of carbonyl (C=O) groups is 1. The topological polar surface area (TPSA) is 128 Å². The summed E-state index contributed by atoms with van der Waals surface area (Å²) in [5.41, 5.74) is 0.612. The lowest BCUT2D eigenvalue weighted by molar-refractivity contribution is -0.387. The zero-order valence-corrected chi connectivity index (χ0v) is 18.4. The van der Waals surface area contributed by atoms with E-state index in [2.05, 4.69) is 10.3 Å². The fourth-order valence-corrected chi connectivity index (χ4v) is 4.83. The number of aliphatic imine (C=N–C) groups is 1. The quantitative estimate of drug-likeness (QED) is 0.241. The molecule has 0 bridgehead atoms. The highest BCUT2D eigenvalue weighted by molar-refractivity contribution is 8.18. The van der Waals surface area contributed by atoms with E-state index < -0.39 is 25.6 Å². The number of benzene rings is 3. The molecule has 1 amide bonds. The molecule has 0 aliphatic carbocycles. The van der Waals surface area contributed by atoms with Gasteiger partial charge in [0, 0.05) is 6.07 Å². The van der Waals surface area contributed by atoms with Crippen molar-refractivity contribution in [3.8, 4) is 5.75 Å². The molecule has 3 aromatic carbocycles. The highest BCUT2D eigenvalue weighted by Crippen LogP contribution is 2.30. The van der Waals surface area contributed by atoms with Crippen molar-refractivity contribution in [2.75, 3.05) is 0 Å². The largest absolute Gasteiger partial charge is 0.379 e. The number of nitrogens with zero attached hydrogens (tertiary/aromatic N) is 2. The number of amidine groups is 1. The summed E-state index contributed by atoms with van der Waals surface area (Å²) in [7, 11) is -4.45. The Bertz CT molecular complexity index is 1400. The molecule has 1 fully saturated rings. The van der Waals surface area contributed by atoms with E-state index in [9.17, 15) is 23.3 Å². The summed E-state index contributed by atoms with van der Waals surface area (Å²) in [5, 5.41) is 14.3. The van der Waals surface area contributed by atoms with Crippen molar-refractivity contribution < 1.29 is 22.3 Å². The second-order valence-electron chi connectivity index (χ2n) is 6.65. The Morgan fingerprint density at radius 3 is 2.48 bits per heavy atom. The van der Waals surface area contributed by atoms with Crippen molar-refractivity contribution in [3.05, 3.63) is 99.4 Å². The summed E-state index contributed by atoms with van der Waals surface area (Å²) >= 11 is 1.15. The number of carbonyl (C=O) groups excluding carboxylic acids is 1. The smallest absolute Gasteiger partial charge is 0.346 e. The maximum Gasteiger partial charge on any atom is 0.346 e. The molecule has 166 valence electrons. The number of thioether (sulfide) groups is 1. The predicted octanol–water partition coefficient (Wildman–Crippen LogP) is 4.25. The first-order valence-corrected chi connectivity index (χ1v) is 11.7. The van der Waals surface area contributed by atoms with Crippen LogP contribution >= 0.6 is 11.8 Å². The van der Waals surface area contributed by atoms with Gasteiger partial charge in [-0.3, -0.25) is 14.9 Å². The van der Waals surface area contributed by atoms with E-state index in [1.807, 2.05) is 18.2 Å². The molecular weight excluding hydrogens is 466 g/mol. The Hall–Kier alpha value is -3.96. The van der Waals surface area contributed by atoms with Gasteiger partial charge in [-0.15, -0.1) is 0 Å². The first-order chi connectivity index (χ1) is 15.8. The number of nitrogens with one attached hydrogen (secondary N) is 1. The maximum atomic E-state index is 12.6. The van der Waals surface area contributed by atoms with Gasteiger partial charge >= 0.3 is 10.1 Å². The first kappa shape index (κ1) is 22.2. The molecule has 0 radical (unpaired) electrons. The molecule has 0 spiro atoms. The Kier molecular flexibility index (Phi) is 6.24. The second-order valence-corrected chi connectivity index (χ2v) is 9.20. The molecule has 1 N–H and O–H groups in total. The van der Waals surface area contributed by atoms with E-state index in [1.54, 1.807) is 30.3 Å². The van der Waals surface area contributed by atoms with Gasteiger partial charge in [0.2, 0.25) is 0 Å². The second kappa shape index (κ2) is 9.27. The summed E-state index contributed by atoms with van der Waals surface area (Å²) in [6, 6.07) is 20.1. The van der Waals surface area contributed by atoms with Gasteiger partial charge in [-0.1, -0.05) is 42.5 Å². The van der Waals surface area contributed by atoms with E-state index >= 15 is 0 Å². The lowest BCUT2D eigenvalue weighted by atomic mass is 10.2. The van der Waals surface area contributed by atoms with Gasteiger partial charge in [-0.25, -0.2) is 4.99 Å². The zero-order chi connectivity index (χ0) is 23.4. The third-order valence-corrected chi connectivity index (χ3v) is 6.54. The lowest BCUT2D eigenvalue weighted by Crippen LogP contribution is -2.19. The van der Waals surface area contributed by atoms with Crippen LogP contribution in [0, 0.1) is 10.1 Å². The number of nitro benzene ring substituents is 1. The molecule has 0 aromatic heterocycles. The van der Waals surface area contributed by atoms with E-state index in [0.29, 0.717) is 21.3 Å². The molecule has 0 unspecified atom stereocenters. The molecule has 33 heavy (non-hydrogen) atoms. The Balaban J connectivity index is 1.56. The van der Waals surface area contributed by atoms with Crippen LogP contribution in [0.3, 0.4) is 0 Å². The van der Waals surface area contributed by atoms with E-state index in [-0.39, 0.29) is 11.7 Å². The minimum absolute atomic E-state index is 0.0518. The summed E-state index contributed by atoms with van der Waals surface area (Å²) in [6.07, 6.45) is 1.57. The lowest BCUT2D eigenvalue weighted by Gasteiger charge is -2.08. The van der Waals surface area contributed by atoms with Gasteiger partial charge in [0.25, 0.3) is 11.6 Å². The van der Waals surface area contributed by atoms with Crippen molar-refractivity contribution in [2.45, 2.75) is 4.90 Å². The number of hydrogen-bond donors (Lipinski definition) is 1. The van der Waals surface area contributed by atoms with Crippen molar-refractivity contribution >= 4 is 50.4 Å². The van der Waals surface area contributed by atoms with E-state index in [1.165, 1.54) is 24.3 Å². The molecule has 11 heteroatoms. The van der Waals surface area contributed by atoms with Crippen molar-refractivity contribution in [2.24, 2.45) is 4.99 Å². The van der Waals surface area contributed by atoms with E-state index in [0.717, 1.165) is 23.9 Å². The third kappa shape index (κ3) is 5.27. The summed E-state index contributed by atoms with van der Waals surface area (Å²) in [4.78, 5) is 26.9. The van der Waals surface area contributed by atoms with Crippen molar-refractivity contribution in [1.29, 1.82) is 0 Å². The van der Waals surface area contributed by atoms with Crippen LogP contribution in [0.15, 0.2) is 93.7 Å². The summed E-state index contributed by atoms with van der Waals surface area (Å²) in [6.45, 7) is 0. The molecule has 4 rings (SSSR count). The minimum Gasteiger partial charge on any atom is -0.379 e. The van der Waals surface area contributed by atoms with Crippen LogP contribution < -0.4 is 9.50 Å². The van der Waals surface area contributed by atoms with Gasteiger partial charge < -0.3 is 9.50 Å².